The molecule has 0 aliphatic carbocycles. The van der Waals surface area contributed by atoms with Crippen molar-refractivity contribution in [2.24, 2.45) is 5.92 Å². The molecule has 0 saturated carbocycles. The van der Waals surface area contributed by atoms with Gasteiger partial charge in [-0.1, -0.05) is 6.07 Å². The summed E-state index contributed by atoms with van der Waals surface area (Å²) in [6.45, 7) is 5.92. The second-order valence-corrected chi connectivity index (χ2v) is 6.14. The van der Waals surface area contributed by atoms with Gasteiger partial charge in [-0.2, -0.15) is 0 Å². The first-order valence-corrected chi connectivity index (χ1v) is 7.82. The number of nitro groups is 1. The molecule has 1 heterocycles. The van der Waals surface area contributed by atoms with Gasteiger partial charge in [-0.3, -0.25) is 14.9 Å². The number of aliphatic hydroxyl groups excluding tert-OH is 1. The number of aryl methyl sites for hydroxylation is 1. The van der Waals surface area contributed by atoms with Gasteiger partial charge in [-0.15, -0.1) is 0 Å². The SMILES string of the molecule is Cc1ccc([N+](=O)[O-])cc1NC(=O)CCN1CCC(C(C)O)C1. The lowest BCUT2D eigenvalue weighted by atomic mass is 10.0. The van der Waals surface area contributed by atoms with E-state index < -0.39 is 4.92 Å². The van der Waals surface area contributed by atoms with Crippen molar-refractivity contribution in [1.29, 1.82) is 0 Å². The van der Waals surface area contributed by atoms with Gasteiger partial charge in [0.1, 0.15) is 0 Å². The predicted octanol–water partition coefficient (Wildman–Crippen LogP) is 1.93. The number of non-ortho nitro benzene ring substituents is 1. The average Bonchev–Trinajstić information content (AvgIpc) is 2.96. The molecule has 2 N–H and O–H groups in total. The van der Waals surface area contributed by atoms with E-state index in [4.69, 9.17) is 0 Å². The van der Waals surface area contributed by atoms with Crippen molar-refractivity contribution >= 4 is 17.3 Å². The Hall–Kier alpha value is -1.99. The molecule has 1 amide bonds. The van der Waals surface area contributed by atoms with E-state index in [0.717, 1.165) is 25.1 Å². The summed E-state index contributed by atoms with van der Waals surface area (Å²) in [7, 11) is 0. The number of hydrogen-bond donors (Lipinski definition) is 2. The average molecular weight is 321 g/mol. The molecule has 1 aliphatic rings. The molecule has 1 fully saturated rings. The fraction of sp³-hybridized carbons (Fsp3) is 0.562. The normalized spacial score (nSPS) is 19.5. The fourth-order valence-corrected chi connectivity index (χ4v) is 2.79. The summed E-state index contributed by atoms with van der Waals surface area (Å²) >= 11 is 0. The van der Waals surface area contributed by atoms with Crippen molar-refractivity contribution in [3.8, 4) is 0 Å². The number of rotatable bonds is 6. The molecule has 126 valence electrons. The summed E-state index contributed by atoms with van der Waals surface area (Å²) in [4.78, 5) is 24.5. The zero-order valence-corrected chi connectivity index (χ0v) is 13.5. The number of nitro benzene ring substituents is 1. The number of carbonyl (C=O) groups is 1. The third-order valence-electron chi connectivity index (χ3n) is 4.35. The van der Waals surface area contributed by atoms with Crippen LogP contribution >= 0.6 is 0 Å². The smallest absolute Gasteiger partial charge is 0.271 e. The highest BCUT2D eigenvalue weighted by Gasteiger charge is 2.25. The molecule has 7 heteroatoms. The van der Waals surface area contributed by atoms with Crippen LogP contribution in [0.5, 0.6) is 0 Å². The monoisotopic (exact) mass is 321 g/mol. The van der Waals surface area contributed by atoms with E-state index in [1.165, 1.54) is 12.1 Å². The van der Waals surface area contributed by atoms with E-state index in [2.05, 4.69) is 10.2 Å². The lowest BCUT2D eigenvalue weighted by Gasteiger charge is -2.17. The summed E-state index contributed by atoms with van der Waals surface area (Å²) < 4.78 is 0. The predicted molar refractivity (Wildman–Crippen MR) is 87.3 cm³/mol. The molecule has 1 aliphatic heterocycles. The molecule has 1 saturated heterocycles. The van der Waals surface area contributed by atoms with Crippen LogP contribution in [0.4, 0.5) is 11.4 Å². The van der Waals surface area contributed by atoms with Crippen LogP contribution < -0.4 is 5.32 Å². The van der Waals surface area contributed by atoms with Gasteiger partial charge in [0.2, 0.25) is 5.91 Å². The van der Waals surface area contributed by atoms with Gasteiger partial charge < -0.3 is 15.3 Å². The number of benzene rings is 1. The molecule has 2 rings (SSSR count). The highest BCUT2D eigenvalue weighted by atomic mass is 16.6. The Morgan fingerprint density at radius 2 is 2.30 bits per heavy atom. The van der Waals surface area contributed by atoms with Crippen LogP contribution in [0.3, 0.4) is 0 Å². The molecule has 23 heavy (non-hydrogen) atoms. The van der Waals surface area contributed by atoms with Crippen LogP contribution in [0, 0.1) is 23.0 Å². The molecule has 2 unspecified atom stereocenters. The Kier molecular flexibility index (Phi) is 5.68. The fourth-order valence-electron chi connectivity index (χ4n) is 2.79. The molecule has 0 aromatic heterocycles. The van der Waals surface area contributed by atoms with E-state index >= 15 is 0 Å². The van der Waals surface area contributed by atoms with Crippen molar-refractivity contribution in [3.63, 3.8) is 0 Å². The molecule has 0 bridgehead atoms. The molecule has 2 atom stereocenters. The molecule has 1 aromatic carbocycles. The summed E-state index contributed by atoms with van der Waals surface area (Å²) in [5, 5.41) is 23.1. The van der Waals surface area contributed by atoms with Gasteiger partial charge in [0.15, 0.2) is 0 Å². The number of hydrogen-bond acceptors (Lipinski definition) is 5. The Labute approximate surface area is 135 Å². The van der Waals surface area contributed by atoms with Crippen molar-refractivity contribution < 1.29 is 14.8 Å². The minimum atomic E-state index is -0.477. The number of amides is 1. The highest BCUT2D eigenvalue weighted by molar-refractivity contribution is 5.92. The molecular formula is C16H23N3O4. The van der Waals surface area contributed by atoms with Gasteiger partial charge in [-0.05, 0) is 38.3 Å². The molecule has 0 spiro atoms. The van der Waals surface area contributed by atoms with Gasteiger partial charge in [0.25, 0.3) is 5.69 Å². The van der Waals surface area contributed by atoms with Crippen molar-refractivity contribution in [1.82, 2.24) is 4.90 Å². The molecule has 1 aromatic rings. The van der Waals surface area contributed by atoms with Crippen molar-refractivity contribution in [2.45, 2.75) is 32.8 Å². The maximum Gasteiger partial charge on any atom is 0.271 e. The minimum absolute atomic E-state index is 0.0368. The Morgan fingerprint density at radius 1 is 1.57 bits per heavy atom. The Balaban J connectivity index is 1.86. The topological polar surface area (TPSA) is 95.7 Å². The van der Waals surface area contributed by atoms with Gasteiger partial charge in [-0.25, -0.2) is 0 Å². The van der Waals surface area contributed by atoms with Crippen LogP contribution in [-0.2, 0) is 4.79 Å². The minimum Gasteiger partial charge on any atom is -0.393 e. The van der Waals surface area contributed by atoms with E-state index in [1.807, 2.05) is 0 Å². The number of likely N-dealkylation sites (tertiary alicyclic amines) is 1. The summed E-state index contributed by atoms with van der Waals surface area (Å²) in [6, 6.07) is 4.43. The third-order valence-corrected chi connectivity index (χ3v) is 4.35. The number of nitrogens with zero attached hydrogens (tertiary/aromatic N) is 2. The standard InChI is InChI=1S/C16H23N3O4/c1-11-3-4-14(19(22)23)9-15(11)17-16(21)6-8-18-7-5-13(10-18)12(2)20/h3-4,9,12-13,20H,5-8,10H2,1-2H3,(H,17,21). The zero-order valence-electron chi connectivity index (χ0n) is 13.5. The zero-order chi connectivity index (χ0) is 17.0. The van der Waals surface area contributed by atoms with E-state index in [1.54, 1.807) is 19.9 Å². The first kappa shape index (κ1) is 17.4. The maximum atomic E-state index is 12.1. The van der Waals surface area contributed by atoms with Crippen molar-refractivity contribution in [3.05, 3.63) is 33.9 Å². The van der Waals surface area contributed by atoms with Crippen LogP contribution in [0.2, 0.25) is 0 Å². The van der Waals surface area contributed by atoms with Gasteiger partial charge >= 0.3 is 0 Å². The van der Waals surface area contributed by atoms with Crippen LogP contribution in [0.15, 0.2) is 18.2 Å². The number of carbonyl (C=O) groups excluding carboxylic acids is 1. The summed E-state index contributed by atoms with van der Waals surface area (Å²) in [5.41, 5.74) is 1.23. The lowest BCUT2D eigenvalue weighted by Crippen LogP contribution is -2.28. The maximum absolute atomic E-state index is 12.1. The van der Waals surface area contributed by atoms with Crippen LogP contribution in [0.25, 0.3) is 0 Å². The highest BCUT2D eigenvalue weighted by Crippen LogP contribution is 2.22. The number of anilines is 1. The van der Waals surface area contributed by atoms with Gasteiger partial charge in [0, 0.05) is 31.6 Å². The van der Waals surface area contributed by atoms with Crippen LogP contribution in [0.1, 0.15) is 25.3 Å². The first-order chi connectivity index (χ1) is 10.9. The van der Waals surface area contributed by atoms with E-state index in [0.29, 0.717) is 18.7 Å². The number of aliphatic hydroxyl groups is 1. The molecule has 0 radical (unpaired) electrons. The first-order valence-electron chi connectivity index (χ1n) is 7.82. The third kappa shape index (κ3) is 4.74. The molecule has 7 nitrogen and oxygen atoms in total. The quantitative estimate of drug-likeness (QED) is 0.616. The summed E-state index contributed by atoms with van der Waals surface area (Å²) in [5.74, 6) is 0.117. The van der Waals surface area contributed by atoms with Crippen LogP contribution in [-0.4, -0.2) is 46.6 Å². The Bertz CT molecular complexity index is 589. The second-order valence-electron chi connectivity index (χ2n) is 6.14. The van der Waals surface area contributed by atoms with E-state index in [9.17, 15) is 20.0 Å². The largest absolute Gasteiger partial charge is 0.393 e. The second kappa shape index (κ2) is 7.52. The van der Waals surface area contributed by atoms with E-state index in [-0.39, 0.29) is 23.6 Å². The Morgan fingerprint density at radius 3 is 2.91 bits per heavy atom. The van der Waals surface area contributed by atoms with Crippen molar-refractivity contribution in [2.75, 3.05) is 25.0 Å². The van der Waals surface area contributed by atoms with Gasteiger partial charge in [0.05, 0.1) is 16.7 Å². The number of nitrogens with one attached hydrogen (secondary N) is 1. The molecular weight excluding hydrogens is 298 g/mol. The summed E-state index contributed by atoms with van der Waals surface area (Å²) in [6.07, 6.45) is 0.958. The lowest BCUT2D eigenvalue weighted by molar-refractivity contribution is -0.384.